The Morgan fingerprint density at radius 1 is 1.22 bits per heavy atom. The molecule has 0 aliphatic heterocycles. The van der Waals surface area contributed by atoms with E-state index in [1.54, 1.807) is 6.07 Å². The summed E-state index contributed by atoms with van der Waals surface area (Å²) in [7, 11) is 0. The van der Waals surface area contributed by atoms with Crippen molar-refractivity contribution in [3.05, 3.63) is 42.1 Å². The topological polar surface area (TPSA) is 66.9 Å². The number of nitrogens with zero attached hydrogens (tertiary/aromatic N) is 2. The van der Waals surface area contributed by atoms with Crippen molar-refractivity contribution in [1.29, 1.82) is 0 Å². The molecule has 0 unspecified atom stereocenters. The van der Waals surface area contributed by atoms with Crippen molar-refractivity contribution < 1.29 is 4.79 Å². The van der Waals surface area contributed by atoms with Crippen LogP contribution < -0.4 is 10.6 Å². The van der Waals surface area contributed by atoms with Gasteiger partial charge in [-0.1, -0.05) is 44.2 Å². The molecule has 1 aromatic heterocycles. The van der Waals surface area contributed by atoms with E-state index in [9.17, 15) is 4.79 Å². The number of hydrogen-bond acceptors (Lipinski definition) is 4. The largest absolute Gasteiger partial charge is 0.370 e. The zero-order valence-electron chi connectivity index (χ0n) is 13.5. The minimum Gasteiger partial charge on any atom is -0.370 e. The molecule has 1 fully saturated rings. The Bertz CT molecular complexity index is 681. The van der Waals surface area contributed by atoms with E-state index < -0.39 is 0 Å². The fraction of sp³-hybridized carbons (Fsp3) is 0.389. The van der Waals surface area contributed by atoms with Gasteiger partial charge in [-0.15, -0.1) is 0 Å². The van der Waals surface area contributed by atoms with E-state index in [0.29, 0.717) is 29.3 Å². The zero-order valence-corrected chi connectivity index (χ0v) is 13.5. The van der Waals surface area contributed by atoms with Crippen LogP contribution in [0, 0.1) is 5.92 Å². The van der Waals surface area contributed by atoms with Gasteiger partial charge in [-0.25, -0.2) is 9.97 Å². The van der Waals surface area contributed by atoms with Gasteiger partial charge < -0.3 is 10.6 Å². The third-order valence-corrected chi connectivity index (χ3v) is 3.59. The Labute approximate surface area is 136 Å². The summed E-state index contributed by atoms with van der Waals surface area (Å²) in [5.41, 5.74) is 1.32. The van der Waals surface area contributed by atoms with Gasteiger partial charge in [0.1, 0.15) is 11.5 Å². The molecule has 0 spiro atoms. The molecule has 120 valence electrons. The molecule has 23 heavy (non-hydrogen) atoms. The van der Waals surface area contributed by atoms with Crippen molar-refractivity contribution in [1.82, 2.24) is 15.3 Å². The molecule has 2 N–H and O–H groups in total. The molecule has 1 aliphatic carbocycles. The molecule has 0 bridgehead atoms. The number of nitrogens with one attached hydrogen (secondary N) is 2. The average Bonchev–Trinajstić information content (AvgIpc) is 3.37. The van der Waals surface area contributed by atoms with Gasteiger partial charge in [0.15, 0.2) is 5.82 Å². The smallest absolute Gasteiger partial charge is 0.270 e. The van der Waals surface area contributed by atoms with Crippen molar-refractivity contribution in [2.75, 3.05) is 11.9 Å². The molecule has 1 heterocycles. The highest BCUT2D eigenvalue weighted by Gasteiger charge is 2.25. The van der Waals surface area contributed by atoms with E-state index in [-0.39, 0.29) is 5.91 Å². The van der Waals surface area contributed by atoms with E-state index in [1.807, 2.05) is 30.3 Å². The Morgan fingerprint density at radius 2 is 1.96 bits per heavy atom. The fourth-order valence-electron chi connectivity index (χ4n) is 2.17. The summed E-state index contributed by atoms with van der Waals surface area (Å²) in [5, 5.41) is 6.27. The average molecular weight is 310 g/mol. The molecule has 2 aromatic rings. The van der Waals surface area contributed by atoms with Crippen molar-refractivity contribution in [2.24, 2.45) is 5.92 Å². The Kier molecular flexibility index (Phi) is 4.55. The van der Waals surface area contributed by atoms with Crippen molar-refractivity contribution >= 4 is 11.7 Å². The van der Waals surface area contributed by atoms with Crippen LogP contribution in [0.25, 0.3) is 11.4 Å². The second kappa shape index (κ2) is 6.77. The van der Waals surface area contributed by atoms with E-state index in [4.69, 9.17) is 0 Å². The summed E-state index contributed by atoms with van der Waals surface area (Å²) < 4.78 is 0. The van der Waals surface area contributed by atoms with Crippen LogP contribution in [0.2, 0.25) is 0 Å². The van der Waals surface area contributed by atoms with Crippen LogP contribution >= 0.6 is 0 Å². The predicted molar refractivity (Wildman–Crippen MR) is 91.3 cm³/mol. The molecule has 1 aromatic carbocycles. The lowest BCUT2D eigenvalue weighted by Gasteiger charge is -2.11. The summed E-state index contributed by atoms with van der Waals surface area (Å²) in [6.45, 7) is 5.06. The summed E-state index contributed by atoms with van der Waals surface area (Å²) in [6.07, 6.45) is 2.11. The first kappa shape index (κ1) is 15.5. The lowest BCUT2D eigenvalue weighted by molar-refractivity contribution is 0.0946. The number of carbonyl (C=O) groups excluding carboxylic acids is 1. The van der Waals surface area contributed by atoms with Gasteiger partial charge in [0.2, 0.25) is 0 Å². The van der Waals surface area contributed by atoms with Crippen LogP contribution in [0.1, 0.15) is 37.2 Å². The number of rotatable bonds is 6. The number of aromatic nitrogens is 2. The highest BCUT2D eigenvalue weighted by Crippen LogP contribution is 2.21. The van der Waals surface area contributed by atoms with Crippen molar-refractivity contribution in [3.8, 4) is 11.4 Å². The standard InChI is InChI=1S/C18H22N4O/c1-12(2)11-19-16-10-15(18(23)20-14-8-9-14)21-17(22-16)13-6-4-3-5-7-13/h3-7,10,12,14H,8-9,11H2,1-2H3,(H,20,23)(H,19,21,22). The number of benzene rings is 1. The Morgan fingerprint density at radius 3 is 2.61 bits per heavy atom. The molecule has 1 amide bonds. The molecule has 0 radical (unpaired) electrons. The number of amides is 1. The van der Waals surface area contributed by atoms with Crippen LogP contribution in [0.15, 0.2) is 36.4 Å². The quantitative estimate of drug-likeness (QED) is 0.860. The third-order valence-electron chi connectivity index (χ3n) is 3.59. The maximum atomic E-state index is 12.3. The van der Waals surface area contributed by atoms with E-state index in [2.05, 4.69) is 34.4 Å². The van der Waals surface area contributed by atoms with E-state index in [0.717, 1.165) is 24.9 Å². The van der Waals surface area contributed by atoms with Gasteiger partial charge in [-0.2, -0.15) is 0 Å². The second-order valence-electron chi connectivity index (χ2n) is 6.35. The van der Waals surface area contributed by atoms with E-state index in [1.165, 1.54) is 0 Å². The minimum absolute atomic E-state index is 0.125. The first-order valence-corrected chi connectivity index (χ1v) is 8.11. The van der Waals surface area contributed by atoms with Crippen LogP contribution in [0.4, 0.5) is 5.82 Å². The normalized spacial score (nSPS) is 13.9. The summed E-state index contributed by atoms with van der Waals surface area (Å²) in [5.74, 6) is 1.63. The maximum absolute atomic E-state index is 12.3. The SMILES string of the molecule is CC(C)CNc1cc(C(=O)NC2CC2)nc(-c2ccccc2)n1. The highest BCUT2D eigenvalue weighted by atomic mass is 16.2. The third kappa shape index (κ3) is 4.28. The first-order valence-electron chi connectivity index (χ1n) is 8.11. The van der Waals surface area contributed by atoms with Gasteiger partial charge >= 0.3 is 0 Å². The molecule has 0 atom stereocenters. The number of anilines is 1. The molecule has 0 saturated heterocycles. The van der Waals surface area contributed by atoms with E-state index >= 15 is 0 Å². The van der Waals surface area contributed by atoms with Crippen LogP contribution in [0.5, 0.6) is 0 Å². The van der Waals surface area contributed by atoms with Crippen LogP contribution in [-0.2, 0) is 0 Å². The molecule has 5 nitrogen and oxygen atoms in total. The Hall–Kier alpha value is -2.43. The maximum Gasteiger partial charge on any atom is 0.270 e. The van der Waals surface area contributed by atoms with Gasteiger partial charge in [-0.05, 0) is 18.8 Å². The second-order valence-corrected chi connectivity index (χ2v) is 6.35. The number of carbonyl (C=O) groups is 1. The fourth-order valence-corrected chi connectivity index (χ4v) is 2.17. The monoisotopic (exact) mass is 310 g/mol. The lowest BCUT2D eigenvalue weighted by Crippen LogP contribution is -2.26. The number of hydrogen-bond donors (Lipinski definition) is 2. The first-order chi connectivity index (χ1) is 11.1. The summed E-state index contributed by atoms with van der Waals surface area (Å²) in [6, 6.07) is 11.8. The van der Waals surface area contributed by atoms with Crippen LogP contribution in [-0.4, -0.2) is 28.5 Å². The summed E-state index contributed by atoms with van der Waals surface area (Å²) >= 11 is 0. The Balaban J connectivity index is 1.90. The molecule has 3 rings (SSSR count). The molecular formula is C18H22N4O. The van der Waals surface area contributed by atoms with Gasteiger partial charge in [0.05, 0.1) is 0 Å². The zero-order chi connectivity index (χ0) is 16.2. The van der Waals surface area contributed by atoms with Gasteiger partial charge in [0, 0.05) is 24.2 Å². The molecule has 1 aliphatic rings. The molecule has 1 saturated carbocycles. The van der Waals surface area contributed by atoms with Crippen molar-refractivity contribution in [2.45, 2.75) is 32.7 Å². The predicted octanol–water partition coefficient (Wildman–Crippen LogP) is 3.10. The minimum atomic E-state index is -0.125. The van der Waals surface area contributed by atoms with Gasteiger partial charge in [0.25, 0.3) is 5.91 Å². The summed E-state index contributed by atoms with van der Waals surface area (Å²) in [4.78, 5) is 21.3. The molecular weight excluding hydrogens is 288 g/mol. The highest BCUT2D eigenvalue weighted by molar-refractivity contribution is 5.93. The van der Waals surface area contributed by atoms with Crippen LogP contribution in [0.3, 0.4) is 0 Å². The van der Waals surface area contributed by atoms with Crippen molar-refractivity contribution in [3.63, 3.8) is 0 Å². The molecule has 5 heteroatoms. The lowest BCUT2D eigenvalue weighted by atomic mass is 10.2. The van der Waals surface area contributed by atoms with Gasteiger partial charge in [-0.3, -0.25) is 4.79 Å².